The second-order valence-corrected chi connectivity index (χ2v) is 8.08. The summed E-state index contributed by atoms with van der Waals surface area (Å²) in [5, 5.41) is 8.31. The third-order valence-corrected chi connectivity index (χ3v) is 5.81. The number of carbonyl (C=O) groups excluding carboxylic acids is 1. The molecule has 0 atom stereocenters. The first kappa shape index (κ1) is 18.9. The zero-order chi connectivity index (χ0) is 18.5. The van der Waals surface area contributed by atoms with E-state index >= 15 is 0 Å². The maximum Gasteiger partial charge on any atom is 0.233 e. The van der Waals surface area contributed by atoms with Crippen LogP contribution in [-0.4, -0.2) is 37.9 Å². The summed E-state index contributed by atoms with van der Waals surface area (Å²) in [6.45, 7) is 3.04. The van der Waals surface area contributed by atoms with E-state index in [1.165, 1.54) is 35.5 Å². The smallest absolute Gasteiger partial charge is 0.233 e. The molecule has 2 heterocycles. The average Bonchev–Trinajstić information content (AvgIpc) is 3.26. The Kier molecular flexibility index (Phi) is 6.29. The summed E-state index contributed by atoms with van der Waals surface area (Å²) in [6, 6.07) is 10.1. The number of halogens is 2. The Bertz CT molecular complexity index is 898. The summed E-state index contributed by atoms with van der Waals surface area (Å²) >= 11 is 8.64. The van der Waals surface area contributed by atoms with E-state index in [0.29, 0.717) is 28.3 Å². The van der Waals surface area contributed by atoms with E-state index in [-0.39, 0.29) is 17.5 Å². The standard InChI is InChI=1S/C17H16ClFN4OS2/c1-2-22(9-12-7-8-15(18)26-12)16(24)10-25-17-21-20-11-23(17)14-6-4-3-5-13(14)19/h3-8,11H,2,9-10H2,1H3. The first-order chi connectivity index (χ1) is 12.6. The van der Waals surface area contributed by atoms with E-state index in [1.807, 2.05) is 19.1 Å². The molecular weight excluding hydrogens is 395 g/mol. The first-order valence-corrected chi connectivity index (χ1v) is 10.1. The molecular formula is C17H16ClFN4OS2. The lowest BCUT2D eigenvalue weighted by Crippen LogP contribution is -2.31. The molecule has 0 fully saturated rings. The monoisotopic (exact) mass is 410 g/mol. The fourth-order valence-electron chi connectivity index (χ4n) is 2.35. The molecule has 26 heavy (non-hydrogen) atoms. The lowest BCUT2D eigenvalue weighted by atomic mass is 10.3. The molecule has 0 saturated carbocycles. The van der Waals surface area contributed by atoms with Crippen LogP contribution < -0.4 is 0 Å². The minimum absolute atomic E-state index is 0.0230. The number of hydrogen-bond acceptors (Lipinski definition) is 5. The van der Waals surface area contributed by atoms with Gasteiger partial charge >= 0.3 is 0 Å². The van der Waals surface area contributed by atoms with Crippen LogP contribution in [0, 0.1) is 5.82 Å². The van der Waals surface area contributed by atoms with E-state index < -0.39 is 0 Å². The topological polar surface area (TPSA) is 51.0 Å². The van der Waals surface area contributed by atoms with Crippen molar-refractivity contribution in [3.8, 4) is 5.69 Å². The highest BCUT2D eigenvalue weighted by molar-refractivity contribution is 7.99. The normalized spacial score (nSPS) is 10.9. The third-order valence-electron chi connectivity index (χ3n) is 3.66. The van der Waals surface area contributed by atoms with E-state index in [4.69, 9.17) is 11.6 Å². The minimum atomic E-state index is -0.370. The quantitative estimate of drug-likeness (QED) is 0.546. The van der Waals surface area contributed by atoms with Crippen LogP contribution in [0.4, 0.5) is 4.39 Å². The molecule has 3 aromatic rings. The number of benzene rings is 1. The van der Waals surface area contributed by atoms with Crippen molar-refractivity contribution >= 4 is 40.6 Å². The molecule has 3 rings (SSSR count). The average molecular weight is 411 g/mol. The fraction of sp³-hybridized carbons (Fsp3) is 0.235. The Hall–Kier alpha value is -1.90. The van der Waals surface area contributed by atoms with Crippen molar-refractivity contribution in [2.45, 2.75) is 18.6 Å². The molecule has 136 valence electrons. The van der Waals surface area contributed by atoms with E-state index in [1.54, 1.807) is 27.7 Å². The molecule has 2 aromatic heterocycles. The van der Waals surface area contributed by atoms with Crippen molar-refractivity contribution in [2.75, 3.05) is 12.3 Å². The predicted molar refractivity (Wildman–Crippen MR) is 102 cm³/mol. The highest BCUT2D eigenvalue weighted by atomic mass is 35.5. The SMILES string of the molecule is CCN(Cc1ccc(Cl)s1)C(=O)CSc1nncn1-c1ccccc1F. The van der Waals surface area contributed by atoms with Gasteiger partial charge in [-0.05, 0) is 31.2 Å². The van der Waals surface area contributed by atoms with Gasteiger partial charge in [-0.2, -0.15) is 0 Å². The van der Waals surface area contributed by atoms with Gasteiger partial charge in [0.1, 0.15) is 12.1 Å². The fourth-order valence-corrected chi connectivity index (χ4v) is 4.28. The Morgan fingerprint density at radius 1 is 1.35 bits per heavy atom. The van der Waals surface area contributed by atoms with Crippen LogP contribution in [0.5, 0.6) is 0 Å². The molecule has 0 aliphatic rings. The van der Waals surface area contributed by atoms with Gasteiger partial charge in [0.05, 0.1) is 22.3 Å². The van der Waals surface area contributed by atoms with Gasteiger partial charge in [0.25, 0.3) is 0 Å². The molecule has 1 aromatic carbocycles. The molecule has 0 radical (unpaired) electrons. The summed E-state index contributed by atoms with van der Waals surface area (Å²) < 4.78 is 16.2. The molecule has 0 unspecified atom stereocenters. The lowest BCUT2D eigenvalue weighted by molar-refractivity contribution is -0.128. The van der Waals surface area contributed by atoms with Crippen LogP contribution in [0.2, 0.25) is 4.34 Å². The highest BCUT2D eigenvalue weighted by Gasteiger charge is 2.17. The van der Waals surface area contributed by atoms with Crippen LogP contribution in [0.1, 0.15) is 11.8 Å². The van der Waals surface area contributed by atoms with Gasteiger partial charge in [-0.1, -0.05) is 35.5 Å². The zero-order valence-electron chi connectivity index (χ0n) is 13.9. The van der Waals surface area contributed by atoms with E-state index in [0.717, 1.165) is 4.88 Å². The second-order valence-electron chi connectivity index (χ2n) is 5.34. The first-order valence-electron chi connectivity index (χ1n) is 7.88. The van der Waals surface area contributed by atoms with E-state index in [2.05, 4.69) is 10.2 Å². The van der Waals surface area contributed by atoms with Crippen molar-refractivity contribution in [1.82, 2.24) is 19.7 Å². The highest BCUT2D eigenvalue weighted by Crippen LogP contribution is 2.24. The number of amides is 1. The van der Waals surface area contributed by atoms with Gasteiger partial charge in [0, 0.05) is 11.4 Å². The third kappa shape index (κ3) is 4.44. The van der Waals surface area contributed by atoms with Crippen molar-refractivity contribution < 1.29 is 9.18 Å². The predicted octanol–water partition coefficient (Wildman–Crippen LogP) is 4.26. The number of hydrogen-bond donors (Lipinski definition) is 0. The van der Waals surface area contributed by atoms with Crippen LogP contribution in [-0.2, 0) is 11.3 Å². The maximum absolute atomic E-state index is 14.0. The zero-order valence-corrected chi connectivity index (χ0v) is 16.3. The Balaban J connectivity index is 1.66. The number of aromatic nitrogens is 3. The van der Waals surface area contributed by atoms with Gasteiger partial charge in [-0.15, -0.1) is 21.5 Å². The Morgan fingerprint density at radius 2 is 2.15 bits per heavy atom. The van der Waals surface area contributed by atoms with Crippen molar-refractivity contribution in [3.05, 3.63) is 57.8 Å². The number of nitrogens with zero attached hydrogens (tertiary/aromatic N) is 4. The van der Waals surface area contributed by atoms with Crippen LogP contribution in [0.15, 0.2) is 47.9 Å². The molecule has 0 bridgehead atoms. The Labute approximate surface area is 163 Å². The molecule has 1 amide bonds. The lowest BCUT2D eigenvalue weighted by Gasteiger charge is -2.19. The summed E-state index contributed by atoms with van der Waals surface area (Å²) in [7, 11) is 0. The number of thiophene rings is 1. The molecule has 9 heteroatoms. The molecule has 0 aliphatic carbocycles. The van der Waals surface area contributed by atoms with Crippen molar-refractivity contribution in [1.29, 1.82) is 0 Å². The summed E-state index contributed by atoms with van der Waals surface area (Å²) in [6.07, 6.45) is 1.44. The molecule has 0 N–H and O–H groups in total. The van der Waals surface area contributed by atoms with Crippen LogP contribution in [0.25, 0.3) is 5.69 Å². The molecule has 0 saturated heterocycles. The van der Waals surface area contributed by atoms with Gasteiger partial charge < -0.3 is 4.90 Å². The summed E-state index contributed by atoms with van der Waals surface area (Å²) in [5.74, 6) is -0.199. The summed E-state index contributed by atoms with van der Waals surface area (Å²) in [4.78, 5) is 15.3. The largest absolute Gasteiger partial charge is 0.337 e. The molecule has 0 spiro atoms. The number of thioether (sulfide) groups is 1. The minimum Gasteiger partial charge on any atom is -0.337 e. The van der Waals surface area contributed by atoms with Gasteiger partial charge in [-0.3, -0.25) is 9.36 Å². The second kappa shape index (κ2) is 8.66. The van der Waals surface area contributed by atoms with E-state index in [9.17, 15) is 9.18 Å². The number of para-hydroxylation sites is 1. The van der Waals surface area contributed by atoms with Gasteiger partial charge in [-0.25, -0.2) is 4.39 Å². The number of rotatable bonds is 7. The van der Waals surface area contributed by atoms with Gasteiger partial charge in [0.15, 0.2) is 5.16 Å². The van der Waals surface area contributed by atoms with Crippen LogP contribution in [0.3, 0.4) is 0 Å². The van der Waals surface area contributed by atoms with Crippen LogP contribution >= 0.6 is 34.7 Å². The van der Waals surface area contributed by atoms with Crippen molar-refractivity contribution in [3.63, 3.8) is 0 Å². The number of carbonyl (C=O) groups is 1. The molecule has 5 nitrogen and oxygen atoms in total. The Morgan fingerprint density at radius 3 is 2.85 bits per heavy atom. The van der Waals surface area contributed by atoms with Gasteiger partial charge in [0.2, 0.25) is 5.91 Å². The maximum atomic E-state index is 14.0. The summed E-state index contributed by atoms with van der Waals surface area (Å²) in [5.41, 5.74) is 0.355. The van der Waals surface area contributed by atoms with Crippen molar-refractivity contribution in [2.24, 2.45) is 0 Å². The molecule has 0 aliphatic heterocycles.